The molecule has 0 radical (unpaired) electrons. The minimum atomic E-state index is -0.239. The molecule has 21 heavy (non-hydrogen) atoms. The number of carbonyl (C=O) groups is 1. The van der Waals surface area contributed by atoms with Gasteiger partial charge in [0, 0.05) is 30.0 Å². The first kappa shape index (κ1) is 15.1. The smallest absolute Gasteiger partial charge is 0.270 e. The number of pyridine rings is 1. The summed E-state index contributed by atoms with van der Waals surface area (Å²) in [5.74, 6) is -0.239. The summed E-state index contributed by atoms with van der Waals surface area (Å²) in [5, 5.41) is 6.55. The summed E-state index contributed by atoms with van der Waals surface area (Å²) >= 11 is 6.05. The summed E-state index contributed by atoms with van der Waals surface area (Å²) < 4.78 is 0. The average Bonchev–Trinajstić information content (AvgIpc) is 2.52. The lowest BCUT2D eigenvalue weighted by Gasteiger charge is -2.08. The Labute approximate surface area is 128 Å². The van der Waals surface area contributed by atoms with Gasteiger partial charge in [-0.05, 0) is 23.8 Å². The number of hydrogen-bond donors (Lipinski definition) is 2. The predicted molar refractivity (Wildman–Crippen MR) is 85.5 cm³/mol. The van der Waals surface area contributed by atoms with Crippen molar-refractivity contribution in [3.63, 3.8) is 0 Å². The number of halogens is 1. The highest BCUT2D eigenvalue weighted by atomic mass is 35.5. The van der Waals surface area contributed by atoms with Crippen LogP contribution < -0.4 is 10.6 Å². The number of nitrogens with one attached hydrogen (secondary N) is 2. The molecule has 4 nitrogen and oxygen atoms in total. The highest BCUT2D eigenvalue weighted by molar-refractivity contribution is 6.31. The largest absolute Gasteiger partial charge is 0.381 e. The van der Waals surface area contributed by atoms with E-state index in [-0.39, 0.29) is 5.91 Å². The fraction of sp³-hybridized carbons (Fsp3) is 0.125. The number of nitrogens with zero attached hydrogens (tertiary/aromatic N) is 1. The lowest BCUT2D eigenvalue weighted by Crippen LogP contribution is -2.24. The molecule has 1 heterocycles. The van der Waals surface area contributed by atoms with Gasteiger partial charge in [0.2, 0.25) is 0 Å². The van der Waals surface area contributed by atoms with Crippen LogP contribution in [0, 0.1) is 0 Å². The highest BCUT2D eigenvalue weighted by Crippen LogP contribution is 2.14. The second kappa shape index (κ2) is 7.45. The lowest BCUT2D eigenvalue weighted by molar-refractivity contribution is 0.0946. The van der Waals surface area contributed by atoms with Gasteiger partial charge in [0.1, 0.15) is 5.69 Å². The van der Waals surface area contributed by atoms with Gasteiger partial charge in [0.15, 0.2) is 0 Å². The van der Waals surface area contributed by atoms with Crippen LogP contribution in [0.15, 0.2) is 55.3 Å². The molecule has 1 amide bonds. The first-order valence-electron chi connectivity index (χ1n) is 6.53. The summed E-state index contributed by atoms with van der Waals surface area (Å²) in [4.78, 5) is 16.2. The van der Waals surface area contributed by atoms with Crippen molar-refractivity contribution < 1.29 is 4.79 Å². The molecule has 0 spiro atoms. The first-order chi connectivity index (χ1) is 10.2. The van der Waals surface area contributed by atoms with Crippen LogP contribution in [-0.2, 0) is 6.54 Å². The van der Waals surface area contributed by atoms with Crippen LogP contribution >= 0.6 is 11.6 Å². The summed E-state index contributed by atoms with van der Waals surface area (Å²) in [6.07, 6.45) is 3.34. The molecule has 5 heteroatoms. The maximum Gasteiger partial charge on any atom is 0.270 e. The van der Waals surface area contributed by atoms with Crippen molar-refractivity contribution in [1.82, 2.24) is 10.3 Å². The van der Waals surface area contributed by atoms with Crippen molar-refractivity contribution in [2.45, 2.75) is 6.54 Å². The van der Waals surface area contributed by atoms with E-state index in [0.717, 1.165) is 11.3 Å². The highest BCUT2D eigenvalue weighted by Gasteiger charge is 2.08. The molecule has 0 unspecified atom stereocenters. The Hall–Kier alpha value is -2.33. The zero-order chi connectivity index (χ0) is 15.1. The molecule has 0 aliphatic rings. The van der Waals surface area contributed by atoms with Crippen molar-refractivity contribution in [2.24, 2.45) is 0 Å². The molecule has 2 aromatic rings. The monoisotopic (exact) mass is 301 g/mol. The predicted octanol–water partition coefficient (Wildman–Crippen LogP) is 3.26. The van der Waals surface area contributed by atoms with E-state index in [0.29, 0.717) is 23.8 Å². The molecule has 0 aliphatic carbocycles. The van der Waals surface area contributed by atoms with Crippen LogP contribution in [-0.4, -0.2) is 17.4 Å². The third kappa shape index (κ3) is 4.33. The summed E-state index contributed by atoms with van der Waals surface area (Å²) in [7, 11) is 0. The molecule has 0 saturated heterocycles. The third-order valence-electron chi connectivity index (χ3n) is 2.84. The fourth-order valence-corrected chi connectivity index (χ4v) is 1.97. The van der Waals surface area contributed by atoms with E-state index in [1.54, 1.807) is 30.5 Å². The number of amides is 1. The van der Waals surface area contributed by atoms with Crippen LogP contribution in [0.1, 0.15) is 16.1 Å². The number of benzene rings is 1. The summed E-state index contributed by atoms with van der Waals surface area (Å²) in [6, 6.07) is 10.9. The van der Waals surface area contributed by atoms with E-state index in [4.69, 9.17) is 11.6 Å². The van der Waals surface area contributed by atoms with Crippen molar-refractivity contribution in [3.05, 3.63) is 71.5 Å². The van der Waals surface area contributed by atoms with E-state index in [1.807, 2.05) is 18.2 Å². The van der Waals surface area contributed by atoms with Crippen molar-refractivity contribution in [3.8, 4) is 0 Å². The van der Waals surface area contributed by atoms with E-state index in [1.165, 1.54) is 0 Å². The van der Waals surface area contributed by atoms with Gasteiger partial charge in [-0.25, -0.2) is 0 Å². The fourth-order valence-electron chi connectivity index (χ4n) is 1.76. The van der Waals surface area contributed by atoms with Gasteiger partial charge < -0.3 is 10.6 Å². The average molecular weight is 302 g/mol. The van der Waals surface area contributed by atoms with E-state index in [9.17, 15) is 4.79 Å². The second-order valence-electron chi connectivity index (χ2n) is 4.37. The number of aromatic nitrogens is 1. The summed E-state index contributed by atoms with van der Waals surface area (Å²) in [6.45, 7) is 4.63. The van der Waals surface area contributed by atoms with Crippen LogP contribution in [0.2, 0.25) is 5.02 Å². The zero-order valence-electron chi connectivity index (χ0n) is 11.5. The minimum absolute atomic E-state index is 0.239. The molecule has 0 aliphatic heterocycles. The molecule has 0 atom stereocenters. The molecule has 2 rings (SSSR count). The number of hydrogen-bond acceptors (Lipinski definition) is 3. The SMILES string of the molecule is C=CCNc1ccnc(C(=O)NCc2ccccc2Cl)c1. The maximum absolute atomic E-state index is 12.1. The van der Waals surface area contributed by atoms with E-state index in [2.05, 4.69) is 22.2 Å². The molecule has 0 bridgehead atoms. The third-order valence-corrected chi connectivity index (χ3v) is 3.21. The van der Waals surface area contributed by atoms with Gasteiger partial charge in [0.25, 0.3) is 5.91 Å². The van der Waals surface area contributed by atoms with Crippen LogP contribution in [0.25, 0.3) is 0 Å². The Morgan fingerprint density at radius 3 is 2.90 bits per heavy atom. The maximum atomic E-state index is 12.1. The Morgan fingerprint density at radius 1 is 1.33 bits per heavy atom. The quantitative estimate of drug-likeness (QED) is 0.805. The molecule has 1 aromatic carbocycles. The molecule has 0 saturated carbocycles. The van der Waals surface area contributed by atoms with Crippen LogP contribution in [0.5, 0.6) is 0 Å². The number of carbonyl (C=O) groups excluding carboxylic acids is 1. The molecular weight excluding hydrogens is 286 g/mol. The number of anilines is 1. The van der Waals surface area contributed by atoms with E-state index < -0.39 is 0 Å². The van der Waals surface area contributed by atoms with Gasteiger partial charge >= 0.3 is 0 Å². The standard InChI is InChI=1S/C16H16ClN3O/c1-2-8-18-13-7-9-19-15(10-13)16(21)20-11-12-5-3-4-6-14(12)17/h2-7,9-10H,1,8,11H2,(H,18,19)(H,20,21). The van der Waals surface area contributed by atoms with E-state index >= 15 is 0 Å². The molecule has 1 aromatic heterocycles. The Kier molecular flexibility index (Phi) is 5.35. The van der Waals surface area contributed by atoms with Gasteiger partial charge in [0.05, 0.1) is 0 Å². The Morgan fingerprint density at radius 2 is 2.14 bits per heavy atom. The molecule has 108 valence electrons. The molecule has 0 fully saturated rings. The topological polar surface area (TPSA) is 54.0 Å². The summed E-state index contributed by atoms with van der Waals surface area (Å²) in [5.41, 5.74) is 2.05. The number of rotatable bonds is 6. The minimum Gasteiger partial charge on any atom is -0.381 e. The Bertz CT molecular complexity index is 643. The Balaban J connectivity index is 2.00. The van der Waals surface area contributed by atoms with Crippen LogP contribution in [0.4, 0.5) is 5.69 Å². The molecular formula is C16H16ClN3O. The van der Waals surface area contributed by atoms with Crippen molar-refractivity contribution in [1.29, 1.82) is 0 Å². The zero-order valence-corrected chi connectivity index (χ0v) is 12.2. The second-order valence-corrected chi connectivity index (χ2v) is 4.78. The molecule has 2 N–H and O–H groups in total. The van der Waals surface area contributed by atoms with Crippen LogP contribution in [0.3, 0.4) is 0 Å². The lowest BCUT2D eigenvalue weighted by atomic mass is 10.2. The first-order valence-corrected chi connectivity index (χ1v) is 6.91. The van der Waals surface area contributed by atoms with Crippen molar-refractivity contribution in [2.75, 3.05) is 11.9 Å². The van der Waals surface area contributed by atoms with Gasteiger partial charge in [-0.2, -0.15) is 0 Å². The normalized spacial score (nSPS) is 9.95. The van der Waals surface area contributed by atoms with Gasteiger partial charge in [-0.15, -0.1) is 6.58 Å². The van der Waals surface area contributed by atoms with Gasteiger partial charge in [-0.3, -0.25) is 9.78 Å². The van der Waals surface area contributed by atoms with Crippen molar-refractivity contribution >= 4 is 23.2 Å². The van der Waals surface area contributed by atoms with Gasteiger partial charge in [-0.1, -0.05) is 35.9 Å².